The summed E-state index contributed by atoms with van der Waals surface area (Å²) in [7, 11) is -0.602. The van der Waals surface area contributed by atoms with E-state index in [2.05, 4.69) is 39.2 Å². The molecule has 1 unspecified atom stereocenters. The molecular weight excluding hydrogens is 616 g/mol. The van der Waals surface area contributed by atoms with Crippen LogP contribution in [0.15, 0.2) is 30.3 Å². The minimum atomic E-state index is -2.31. The first-order valence-electron chi connectivity index (χ1n) is 17.0. The molecular formula is C35H56N4O7Si. The van der Waals surface area contributed by atoms with E-state index in [1.54, 1.807) is 16.8 Å². The molecule has 0 aromatic heterocycles. The molecule has 1 N–H and O–H groups in total. The predicted octanol–water partition coefficient (Wildman–Crippen LogP) is 5.89. The molecule has 1 aromatic carbocycles. The highest BCUT2D eigenvalue weighted by Gasteiger charge is 2.64. The van der Waals surface area contributed by atoms with E-state index in [0.29, 0.717) is 38.8 Å². The standard InChI is InChI=1S/C35H56N4O7Si/c1-33(2,3)45-32(43)37(7)20-14-13-17-28(46-47(8,9)34(4,5)6)27(40)22-36-30(41)26-21-35(18-19-35)29-23-38(26)31(42)39(29)44-24-25-15-11-10-12-16-25/h10-12,15-16,26,28-29H,13-14,17-24H2,1-9H3,(H,36,41)/t26?,28-,29-/m0/s1. The first kappa shape index (κ1) is 36.9. The van der Waals surface area contributed by atoms with Gasteiger partial charge in [-0.25, -0.2) is 9.59 Å². The van der Waals surface area contributed by atoms with Crippen molar-refractivity contribution in [2.45, 2.75) is 129 Å². The fourth-order valence-corrected chi connectivity index (χ4v) is 7.38. The number of unbranched alkanes of at least 4 members (excludes halogenated alkanes) is 1. The molecule has 1 spiro atoms. The third-order valence-corrected chi connectivity index (χ3v) is 14.6. The highest BCUT2D eigenvalue weighted by Crippen LogP contribution is 2.59. The smallest absolute Gasteiger partial charge is 0.410 e. The number of urea groups is 1. The van der Waals surface area contributed by atoms with Crippen LogP contribution >= 0.6 is 0 Å². The number of ether oxygens (including phenoxy) is 1. The average molecular weight is 673 g/mol. The Morgan fingerprint density at radius 2 is 1.72 bits per heavy atom. The number of piperidine rings is 1. The maximum absolute atomic E-state index is 13.7. The Morgan fingerprint density at radius 3 is 2.32 bits per heavy atom. The second kappa shape index (κ2) is 14.3. The number of fused-ring (bicyclic) bond motifs is 3. The molecule has 2 saturated heterocycles. The van der Waals surface area contributed by atoms with Crippen molar-refractivity contribution in [3.63, 3.8) is 0 Å². The number of hydrogen-bond acceptors (Lipinski definition) is 7. The summed E-state index contributed by atoms with van der Waals surface area (Å²) in [6.45, 7) is 17.2. The molecule has 262 valence electrons. The number of benzene rings is 1. The van der Waals surface area contributed by atoms with E-state index in [4.69, 9.17) is 14.0 Å². The van der Waals surface area contributed by atoms with Gasteiger partial charge in [-0.15, -0.1) is 0 Å². The molecule has 1 saturated carbocycles. The molecule has 2 bridgehead atoms. The van der Waals surface area contributed by atoms with E-state index in [0.717, 1.165) is 18.4 Å². The largest absolute Gasteiger partial charge is 0.444 e. The van der Waals surface area contributed by atoms with Crippen molar-refractivity contribution >= 4 is 32.1 Å². The van der Waals surface area contributed by atoms with Gasteiger partial charge in [0.2, 0.25) is 5.91 Å². The number of rotatable bonds is 14. The topological polar surface area (TPSA) is 118 Å². The summed E-state index contributed by atoms with van der Waals surface area (Å²) >= 11 is 0. The van der Waals surface area contributed by atoms with Crippen molar-refractivity contribution in [2.24, 2.45) is 5.41 Å². The van der Waals surface area contributed by atoms with Gasteiger partial charge < -0.3 is 24.3 Å². The fourth-order valence-electron chi connectivity index (χ4n) is 6.06. The number of hydrogen-bond donors (Lipinski definition) is 1. The zero-order chi connectivity index (χ0) is 34.8. The number of nitrogens with one attached hydrogen (secondary N) is 1. The number of amides is 4. The van der Waals surface area contributed by atoms with Gasteiger partial charge in [-0.2, -0.15) is 5.06 Å². The normalized spacial score (nSPS) is 21.1. The minimum absolute atomic E-state index is 0.0823. The summed E-state index contributed by atoms with van der Waals surface area (Å²) in [5.74, 6) is -0.495. The SMILES string of the molecule is CN(CCCC[C@H](O[Si](C)(C)C(C)(C)C)C(=O)CNC(=O)C1CC2(CC2)[C@@H]2CN1C(=O)N2OCc1ccccc1)C(=O)OC(C)(C)C. The molecule has 2 aliphatic heterocycles. The molecule has 3 aliphatic rings. The van der Waals surface area contributed by atoms with Gasteiger partial charge in [0, 0.05) is 20.1 Å². The van der Waals surface area contributed by atoms with Crippen LogP contribution in [0.2, 0.25) is 18.1 Å². The van der Waals surface area contributed by atoms with Gasteiger partial charge >= 0.3 is 12.1 Å². The number of nitrogens with zero attached hydrogens (tertiary/aromatic N) is 3. The molecule has 47 heavy (non-hydrogen) atoms. The summed E-state index contributed by atoms with van der Waals surface area (Å²) in [4.78, 5) is 62.3. The molecule has 12 heteroatoms. The number of Topliss-reactive ketones (excluding diaryl/α,β-unsaturated/α-hetero) is 1. The van der Waals surface area contributed by atoms with Gasteiger partial charge in [0.15, 0.2) is 14.1 Å². The van der Waals surface area contributed by atoms with Crippen molar-refractivity contribution < 1.29 is 33.2 Å². The minimum Gasteiger partial charge on any atom is -0.444 e. The number of carbonyl (C=O) groups is 4. The lowest BCUT2D eigenvalue weighted by Gasteiger charge is -2.39. The molecule has 1 aliphatic carbocycles. The second-order valence-electron chi connectivity index (χ2n) is 16.1. The van der Waals surface area contributed by atoms with Crippen molar-refractivity contribution in [3.05, 3.63) is 35.9 Å². The van der Waals surface area contributed by atoms with Crippen molar-refractivity contribution in [1.82, 2.24) is 20.2 Å². The second-order valence-corrected chi connectivity index (χ2v) is 20.8. The molecule has 3 atom stereocenters. The lowest BCUT2D eigenvalue weighted by atomic mass is 9.85. The van der Waals surface area contributed by atoms with E-state index < -0.39 is 26.1 Å². The molecule has 1 aromatic rings. The summed E-state index contributed by atoms with van der Waals surface area (Å²) in [6.07, 6.45) is 3.21. The van der Waals surface area contributed by atoms with E-state index in [-0.39, 0.29) is 53.5 Å². The van der Waals surface area contributed by atoms with Crippen LogP contribution < -0.4 is 5.32 Å². The Balaban J connectivity index is 1.35. The van der Waals surface area contributed by atoms with Crippen LogP contribution in [0.25, 0.3) is 0 Å². The molecule has 0 radical (unpaired) electrons. The van der Waals surface area contributed by atoms with Crippen LogP contribution in [0.5, 0.6) is 0 Å². The molecule has 3 fully saturated rings. The van der Waals surface area contributed by atoms with Crippen LogP contribution in [0.3, 0.4) is 0 Å². The van der Waals surface area contributed by atoms with E-state index >= 15 is 0 Å². The Bertz CT molecular complexity index is 1290. The maximum atomic E-state index is 13.7. The number of carbonyl (C=O) groups excluding carboxylic acids is 4. The summed E-state index contributed by atoms with van der Waals surface area (Å²) in [5, 5.41) is 4.25. The van der Waals surface area contributed by atoms with Crippen molar-refractivity contribution in [3.8, 4) is 0 Å². The van der Waals surface area contributed by atoms with Gasteiger partial charge in [0.25, 0.3) is 0 Å². The van der Waals surface area contributed by atoms with Gasteiger partial charge in [0.1, 0.15) is 24.4 Å². The quantitative estimate of drug-likeness (QED) is 0.194. The highest BCUT2D eigenvalue weighted by atomic mass is 28.4. The third kappa shape index (κ3) is 9.14. The summed E-state index contributed by atoms with van der Waals surface area (Å²) in [6, 6.07) is 8.69. The van der Waals surface area contributed by atoms with Gasteiger partial charge in [0.05, 0.1) is 12.6 Å². The van der Waals surface area contributed by atoms with Crippen LogP contribution in [0, 0.1) is 5.41 Å². The zero-order valence-corrected chi connectivity index (χ0v) is 30.9. The Morgan fingerprint density at radius 1 is 1.06 bits per heavy atom. The van der Waals surface area contributed by atoms with Gasteiger partial charge in [-0.05, 0) is 88.4 Å². The monoisotopic (exact) mass is 672 g/mol. The van der Waals surface area contributed by atoms with E-state index in [9.17, 15) is 19.2 Å². The van der Waals surface area contributed by atoms with Crippen LogP contribution in [0.4, 0.5) is 9.59 Å². The van der Waals surface area contributed by atoms with E-state index in [1.807, 2.05) is 51.1 Å². The summed E-state index contributed by atoms with van der Waals surface area (Å²) in [5.41, 5.74) is 0.269. The zero-order valence-electron chi connectivity index (χ0n) is 29.9. The van der Waals surface area contributed by atoms with Crippen LogP contribution in [-0.2, 0) is 30.2 Å². The molecule has 4 rings (SSSR count). The van der Waals surface area contributed by atoms with Crippen molar-refractivity contribution in [2.75, 3.05) is 26.7 Å². The average Bonchev–Trinajstić information content (AvgIpc) is 3.69. The number of hydroxylamine groups is 2. The molecule has 11 nitrogen and oxygen atoms in total. The highest BCUT2D eigenvalue weighted by molar-refractivity contribution is 6.74. The fraction of sp³-hybridized carbons (Fsp3) is 0.714. The molecule has 2 heterocycles. The third-order valence-electron chi connectivity index (χ3n) is 10.1. The number of ketones is 1. The predicted molar refractivity (Wildman–Crippen MR) is 182 cm³/mol. The first-order chi connectivity index (χ1) is 21.8. The Hall–Kier alpha value is -2.96. The maximum Gasteiger partial charge on any atom is 0.410 e. The summed E-state index contributed by atoms with van der Waals surface area (Å²) < 4.78 is 12.0. The van der Waals surface area contributed by atoms with Gasteiger partial charge in [-0.1, -0.05) is 51.1 Å². The first-order valence-corrected chi connectivity index (χ1v) is 19.9. The van der Waals surface area contributed by atoms with Crippen molar-refractivity contribution in [1.29, 1.82) is 0 Å². The lowest BCUT2D eigenvalue weighted by Crippen LogP contribution is -2.54. The molecule has 4 amide bonds. The Kier molecular flexibility index (Phi) is 11.2. The Labute approximate surface area is 281 Å². The van der Waals surface area contributed by atoms with Crippen LogP contribution in [-0.4, -0.2) is 97.5 Å². The van der Waals surface area contributed by atoms with Crippen LogP contribution in [0.1, 0.15) is 85.6 Å². The van der Waals surface area contributed by atoms with E-state index in [1.165, 1.54) is 5.06 Å². The lowest BCUT2D eigenvalue weighted by molar-refractivity contribution is -0.153. The van der Waals surface area contributed by atoms with Gasteiger partial charge in [-0.3, -0.25) is 14.4 Å².